The lowest BCUT2D eigenvalue weighted by molar-refractivity contribution is 0.0936. The maximum absolute atomic E-state index is 13.7. The predicted molar refractivity (Wildman–Crippen MR) is 152 cm³/mol. The summed E-state index contributed by atoms with van der Waals surface area (Å²) in [5.41, 5.74) is 5.59. The van der Waals surface area contributed by atoms with Gasteiger partial charge in [0.05, 0.1) is 29.9 Å². The zero-order chi connectivity index (χ0) is 26.4. The second-order valence-electron chi connectivity index (χ2n) is 9.57. The van der Waals surface area contributed by atoms with Crippen molar-refractivity contribution >= 4 is 16.8 Å². The first-order chi connectivity index (χ1) is 17.9. The van der Waals surface area contributed by atoms with Gasteiger partial charge in [-0.2, -0.15) is 0 Å². The van der Waals surface area contributed by atoms with Crippen LogP contribution in [-0.2, 0) is 0 Å². The van der Waals surface area contributed by atoms with Gasteiger partial charge in [0.25, 0.3) is 5.91 Å². The highest BCUT2D eigenvalue weighted by molar-refractivity contribution is 6.07. The number of likely N-dealkylation sites (N-methyl/N-ethyl adjacent to an activating group) is 1. The molecule has 0 saturated heterocycles. The number of nitrogens with one attached hydrogen (secondary N) is 1. The van der Waals surface area contributed by atoms with Crippen LogP contribution in [0.3, 0.4) is 0 Å². The predicted octanol–water partition coefficient (Wildman–Crippen LogP) is 6.85. The number of carbonyl (C=O) groups is 1. The van der Waals surface area contributed by atoms with Crippen molar-refractivity contribution in [3.63, 3.8) is 0 Å². The van der Waals surface area contributed by atoms with E-state index in [2.05, 4.69) is 62.2 Å². The normalized spacial score (nSPS) is 12.2. The number of methoxy groups -OCH3 is 1. The average molecular weight is 496 g/mol. The Labute approximate surface area is 220 Å². The van der Waals surface area contributed by atoms with Gasteiger partial charge in [-0.15, -0.1) is 0 Å². The summed E-state index contributed by atoms with van der Waals surface area (Å²) in [6.45, 7) is 11.1. The van der Waals surface area contributed by atoms with Crippen molar-refractivity contribution in [2.24, 2.45) is 0 Å². The number of rotatable bonds is 10. The van der Waals surface area contributed by atoms with E-state index in [0.717, 1.165) is 41.0 Å². The first-order valence-electron chi connectivity index (χ1n) is 13.1. The van der Waals surface area contributed by atoms with E-state index < -0.39 is 0 Å². The number of hydrogen-bond donors (Lipinski definition) is 1. The number of benzene rings is 3. The minimum absolute atomic E-state index is 0.0890. The third-order valence-electron chi connectivity index (χ3n) is 7.02. The lowest BCUT2D eigenvalue weighted by atomic mass is 9.98. The molecule has 192 valence electrons. The first-order valence-corrected chi connectivity index (χ1v) is 13.1. The van der Waals surface area contributed by atoms with Crippen LogP contribution >= 0.6 is 0 Å². The van der Waals surface area contributed by atoms with E-state index in [9.17, 15) is 4.79 Å². The maximum Gasteiger partial charge on any atom is 0.252 e. The summed E-state index contributed by atoms with van der Waals surface area (Å²) in [5, 5.41) is 4.08. The monoisotopic (exact) mass is 495 g/mol. The van der Waals surface area contributed by atoms with Crippen molar-refractivity contribution in [3.05, 3.63) is 95.6 Å². The Morgan fingerprint density at radius 3 is 2.30 bits per heavy atom. The molecule has 5 heteroatoms. The molecule has 0 aliphatic rings. The van der Waals surface area contributed by atoms with E-state index in [1.165, 1.54) is 11.1 Å². The lowest BCUT2D eigenvalue weighted by Crippen LogP contribution is -2.38. The molecule has 1 N–H and O–H groups in total. The number of nitrogens with zero attached hydrogens (tertiary/aromatic N) is 2. The SMILES string of the molecule is CCN(CC)C(CNC(=O)c1cc(-c2cccc(OC)c2)nc2ccccc12)c1ccc(C(C)C)cc1. The Morgan fingerprint density at radius 2 is 1.62 bits per heavy atom. The van der Waals surface area contributed by atoms with Gasteiger partial charge in [-0.25, -0.2) is 4.98 Å². The third kappa shape index (κ3) is 6.00. The molecule has 0 bridgehead atoms. The maximum atomic E-state index is 13.7. The number of fused-ring (bicyclic) bond motifs is 1. The molecule has 0 fully saturated rings. The van der Waals surface area contributed by atoms with E-state index in [4.69, 9.17) is 9.72 Å². The number of carbonyl (C=O) groups excluding carboxylic acids is 1. The van der Waals surface area contributed by atoms with Crippen molar-refractivity contribution in [3.8, 4) is 17.0 Å². The molecule has 1 unspecified atom stereocenters. The molecule has 4 aromatic rings. The van der Waals surface area contributed by atoms with Crippen LogP contribution in [0.4, 0.5) is 0 Å². The van der Waals surface area contributed by atoms with Gasteiger partial charge in [0.2, 0.25) is 0 Å². The van der Waals surface area contributed by atoms with Gasteiger partial charge in [0.15, 0.2) is 0 Å². The Hall–Kier alpha value is -3.70. The molecule has 3 aromatic carbocycles. The highest BCUT2D eigenvalue weighted by Crippen LogP contribution is 2.28. The molecule has 0 saturated carbocycles. The number of aromatic nitrogens is 1. The molecule has 1 atom stereocenters. The number of pyridine rings is 1. The van der Waals surface area contributed by atoms with E-state index >= 15 is 0 Å². The van der Waals surface area contributed by atoms with Crippen LogP contribution < -0.4 is 10.1 Å². The fourth-order valence-electron chi connectivity index (χ4n) is 4.80. The molecule has 1 aromatic heterocycles. The van der Waals surface area contributed by atoms with Gasteiger partial charge >= 0.3 is 0 Å². The second-order valence-corrected chi connectivity index (χ2v) is 9.57. The summed E-state index contributed by atoms with van der Waals surface area (Å²) in [6.07, 6.45) is 0. The smallest absolute Gasteiger partial charge is 0.252 e. The van der Waals surface area contributed by atoms with Crippen molar-refractivity contribution in [2.45, 2.75) is 39.7 Å². The Morgan fingerprint density at radius 1 is 0.919 bits per heavy atom. The van der Waals surface area contributed by atoms with Gasteiger partial charge in [-0.05, 0) is 54.4 Å². The second kappa shape index (κ2) is 12.0. The van der Waals surface area contributed by atoms with Gasteiger partial charge in [-0.1, -0.05) is 82.3 Å². The van der Waals surface area contributed by atoms with Crippen molar-refractivity contribution in [1.29, 1.82) is 0 Å². The number of para-hydroxylation sites is 1. The van der Waals surface area contributed by atoms with Crippen LogP contribution in [0, 0.1) is 0 Å². The summed E-state index contributed by atoms with van der Waals surface area (Å²) in [4.78, 5) is 20.9. The summed E-state index contributed by atoms with van der Waals surface area (Å²) in [7, 11) is 1.65. The topological polar surface area (TPSA) is 54.5 Å². The van der Waals surface area contributed by atoms with E-state index in [1.54, 1.807) is 7.11 Å². The number of ether oxygens (including phenoxy) is 1. The molecule has 0 aliphatic carbocycles. The fraction of sp³-hybridized carbons (Fsp3) is 0.312. The molecular formula is C32H37N3O2. The molecule has 4 rings (SSSR count). The Kier molecular flexibility index (Phi) is 8.57. The van der Waals surface area contributed by atoms with Crippen LogP contribution in [0.15, 0.2) is 78.9 Å². The summed E-state index contributed by atoms with van der Waals surface area (Å²) >= 11 is 0. The molecule has 1 amide bonds. The standard InChI is InChI=1S/C32H37N3O2/c1-6-35(7-2)31(24-17-15-23(16-18-24)22(3)4)21-33-32(36)28-20-30(25-11-10-12-26(19-25)37-5)34-29-14-9-8-13-27(28)29/h8-20,22,31H,6-7,21H2,1-5H3,(H,33,36). The van der Waals surface area contributed by atoms with Crippen molar-refractivity contribution < 1.29 is 9.53 Å². The molecular weight excluding hydrogens is 458 g/mol. The zero-order valence-electron chi connectivity index (χ0n) is 22.5. The molecule has 37 heavy (non-hydrogen) atoms. The minimum Gasteiger partial charge on any atom is -0.497 e. The van der Waals surface area contributed by atoms with Crippen LogP contribution in [0.5, 0.6) is 5.75 Å². The van der Waals surface area contributed by atoms with Crippen molar-refractivity contribution in [1.82, 2.24) is 15.2 Å². The van der Waals surface area contributed by atoms with E-state index in [-0.39, 0.29) is 11.9 Å². The molecule has 1 heterocycles. The fourth-order valence-corrected chi connectivity index (χ4v) is 4.80. The van der Waals surface area contributed by atoms with Gasteiger partial charge in [-0.3, -0.25) is 9.69 Å². The lowest BCUT2D eigenvalue weighted by Gasteiger charge is -2.30. The van der Waals surface area contributed by atoms with Crippen LogP contribution in [0.1, 0.15) is 61.1 Å². The minimum atomic E-state index is -0.0984. The van der Waals surface area contributed by atoms with Gasteiger partial charge in [0, 0.05) is 17.5 Å². The summed E-state index contributed by atoms with van der Waals surface area (Å²) < 4.78 is 5.40. The molecule has 0 spiro atoms. The Bertz CT molecular complexity index is 1340. The van der Waals surface area contributed by atoms with Gasteiger partial charge in [0.1, 0.15) is 5.75 Å². The first kappa shape index (κ1) is 26.4. The molecule has 0 aliphatic heterocycles. The quantitative estimate of drug-likeness (QED) is 0.261. The number of amides is 1. The summed E-state index contributed by atoms with van der Waals surface area (Å²) in [5.74, 6) is 1.14. The van der Waals surface area contributed by atoms with Crippen LogP contribution in [-0.4, -0.2) is 42.5 Å². The number of hydrogen-bond acceptors (Lipinski definition) is 4. The van der Waals surface area contributed by atoms with Crippen molar-refractivity contribution in [2.75, 3.05) is 26.7 Å². The van der Waals surface area contributed by atoms with Crippen LogP contribution in [0.25, 0.3) is 22.2 Å². The highest BCUT2D eigenvalue weighted by Gasteiger charge is 2.21. The Balaban J connectivity index is 1.65. The molecule has 5 nitrogen and oxygen atoms in total. The van der Waals surface area contributed by atoms with E-state index in [0.29, 0.717) is 18.0 Å². The third-order valence-corrected chi connectivity index (χ3v) is 7.02. The zero-order valence-corrected chi connectivity index (χ0v) is 22.5. The highest BCUT2D eigenvalue weighted by atomic mass is 16.5. The van der Waals surface area contributed by atoms with Crippen LogP contribution in [0.2, 0.25) is 0 Å². The molecule has 0 radical (unpaired) electrons. The average Bonchev–Trinajstić information content (AvgIpc) is 2.94. The summed E-state index contributed by atoms with van der Waals surface area (Å²) in [6, 6.07) is 26.3. The van der Waals surface area contributed by atoms with E-state index in [1.807, 2.05) is 54.6 Å². The van der Waals surface area contributed by atoms with Gasteiger partial charge < -0.3 is 10.1 Å². The largest absolute Gasteiger partial charge is 0.497 e.